The summed E-state index contributed by atoms with van der Waals surface area (Å²) in [4.78, 5) is 36.7. The van der Waals surface area contributed by atoms with Gasteiger partial charge in [-0.2, -0.15) is 0 Å². The van der Waals surface area contributed by atoms with Gasteiger partial charge in [0.2, 0.25) is 0 Å². The number of rotatable bonds is 15. The molecule has 236 valence electrons. The number of carbonyl (C=O) groups excluding carboxylic acids is 3. The van der Waals surface area contributed by atoms with Gasteiger partial charge in [0.15, 0.2) is 0 Å². The topological polar surface area (TPSA) is 118 Å². The van der Waals surface area contributed by atoms with E-state index in [4.69, 9.17) is 28.7 Å². The van der Waals surface area contributed by atoms with E-state index in [0.717, 1.165) is 17.1 Å². The monoisotopic (exact) mass is 622 g/mol. The Labute approximate surface area is 268 Å². The molecule has 0 radical (unpaired) electrons. The van der Waals surface area contributed by atoms with Gasteiger partial charge < -0.3 is 28.7 Å². The number of hydrogen-bond acceptors (Lipinski definition) is 9. The van der Waals surface area contributed by atoms with Crippen LogP contribution in [0.5, 0.6) is 23.0 Å². The number of carbonyl (C=O) groups is 3. The number of ether oxygens (including phenoxy) is 5. The molecule has 0 heterocycles. The Morgan fingerprint density at radius 1 is 0.696 bits per heavy atom. The van der Waals surface area contributed by atoms with Crippen LogP contribution in [-0.4, -0.2) is 43.6 Å². The number of unbranched alkanes of at least 4 members (excludes halogenated alkanes) is 1. The summed E-state index contributed by atoms with van der Waals surface area (Å²) in [5.41, 5.74) is 3.75. The molecule has 0 bridgehead atoms. The predicted octanol–water partition coefficient (Wildman–Crippen LogP) is 5.18. The van der Waals surface area contributed by atoms with Crippen molar-refractivity contribution in [1.29, 1.82) is 0 Å². The minimum Gasteiger partial charge on any atom is -0.494 e. The van der Waals surface area contributed by atoms with Gasteiger partial charge in [-0.05, 0) is 104 Å². The van der Waals surface area contributed by atoms with Crippen molar-refractivity contribution in [2.45, 2.75) is 33.3 Å². The van der Waals surface area contributed by atoms with Crippen molar-refractivity contribution in [3.63, 3.8) is 0 Å². The van der Waals surface area contributed by atoms with Crippen molar-refractivity contribution in [1.82, 2.24) is 0 Å². The first-order valence-electron chi connectivity index (χ1n) is 14.8. The molecular formula is C36H35BO9. The van der Waals surface area contributed by atoms with Crippen LogP contribution in [-0.2, 0) is 16.1 Å². The molecular weight excluding hydrogens is 587 g/mol. The molecule has 0 saturated heterocycles. The molecule has 4 aromatic rings. The highest BCUT2D eigenvalue weighted by Gasteiger charge is 2.17. The third-order valence-corrected chi connectivity index (χ3v) is 7.10. The Hall–Kier alpha value is -5.35. The Morgan fingerprint density at radius 3 is 1.74 bits per heavy atom. The molecule has 0 aromatic heterocycles. The van der Waals surface area contributed by atoms with E-state index >= 15 is 0 Å². The second-order valence-electron chi connectivity index (χ2n) is 10.3. The van der Waals surface area contributed by atoms with E-state index in [1.165, 1.54) is 0 Å². The van der Waals surface area contributed by atoms with Crippen molar-refractivity contribution >= 4 is 30.9 Å². The van der Waals surface area contributed by atoms with Crippen LogP contribution in [0.15, 0.2) is 97.6 Å². The van der Waals surface area contributed by atoms with Crippen molar-refractivity contribution < 1.29 is 43.1 Å². The SMILES string of the molecule is C=CC(=O)OCCCCOc1ccc(C(=O)Oc2ccc(OC(=O)c3ccc(COc4ccc(BO)cc4)cc3)c(C)c2C)cc1. The average molecular weight is 622 g/mol. The molecule has 0 spiro atoms. The van der Waals surface area contributed by atoms with E-state index in [0.29, 0.717) is 77.9 Å². The Kier molecular flexibility index (Phi) is 12.1. The molecule has 46 heavy (non-hydrogen) atoms. The lowest BCUT2D eigenvalue weighted by molar-refractivity contribution is -0.137. The van der Waals surface area contributed by atoms with Crippen molar-refractivity contribution in [2.24, 2.45) is 0 Å². The third-order valence-electron chi connectivity index (χ3n) is 7.10. The highest BCUT2D eigenvalue weighted by atomic mass is 16.5. The van der Waals surface area contributed by atoms with Crippen LogP contribution < -0.4 is 24.4 Å². The van der Waals surface area contributed by atoms with Crippen molar-refractivity contribution in [3.8, 4) is 23.0 Å². The fourth-order valence-corrected chi connectivity index (χ4v) is 4.22. The molecule has 0 atom stereocenters. The van der Waals surface area contributed by atoms with Gasteiger partial charge in [-0.25, -0.2) is 14.4 Å². The molecule has 0 saturated carbocycles. The normalized spacial score (nSPS) is 10.4. The zero-order valence-corrected chi connectivity index (χ0v) is 25.8. The fourth-order valence-electron chi connectivity index (χ4n) is 4.22. The van der Waals surface area contributed by atoms with Gasteiger partial charge in [0.05, 0.1) is 24.3 Å². The predicted molar refractivity (Wildman–Crippen MR) is 174 cm³/mol. The average Bonchev–Trinajstić information content (AvgIpc) is 3.09. The number of esters is 3. The maximum atomic E-state index is 12.9. The molecule has 1 N–H and O–H groups in total. The molecule has 10 heteroatoms. The molecule has 0 fully saturated rings. The van der Waals surface area contributed by atoms with Gasteiger partial charge in [0, 0.05) is 6.08 Å². The van der Waals surface area contributed by atoms with Gasteiger partial charge in [-0.3, -0.25) is 0 Å². The summed E-state index contributed by atoms with van der Waals surface area (Å²) < 4.78 is 27.7. The summed E-state index contributed by atoms with van der Waals surface area (Å²) in [7, 11) is -0.0242. The molecule has 0 aliphatic rings. The first-order chi connectivity index (χ1) is 22.3. The van der Waals surface area contributed by atoms with Crippen LogP contribution in [0.1, 0.15) is 50.2 Å². The molecule has 4 rings (SSSR count). The van der Waals surface area contributed by atoms with E-state index in [1.54, 1.807) is 98.8 Å². The third kappa shape index (κ3) is 9.58. The van der Waals surface area contributed by atoms with E-state index < -0.39 is 17.9 Å². The van der Waals surface area contributed by atoms with E-state index in [-0.39, 0.29) is 7.48 Å². The Balaban J connectivity index is 1.26. The summed E-state index contributed by atoms with van der Waals surface area (Å²) in [5, 5.41) is 9.16. The van der Waals surface area contributed by atoms with Crippen molar-refractivity contribution in [2.75, 3.05) is 13.2 Å². The summed E-state index contributed by atoms with van der Waals surface area (Å²) in [6, 6.07) is 23.9. The highest BCUT2D eigenvalue weighted by Crippen LogP contribution is 2.30. The number of benzene rings is 4. The molecule has 0 aliphatic heterocycles. The van der Waals surface area contributed by atoms with Gasteiger partial charge in [-0.1, -0.05) is 36.3 Å². The summed E-state index contributed by atoms with van der Waals surface area (Å²) in [6.45, 7) is 7.99. The van der Waals surface area contributed by atoms with Crippen LogP contribution in [0.4, 0.5) is 0 Å². The second-order valence-corrected chi connectivity index (χ2v) is 10.3. The Bertz CT molecular complexity index is 1650. The lowest BCUT2D eigenvalue weighted by atomic mass is 9.89. The lowest BCUT2D eigenvalue weighted by Gasteiger charge is -2.14. The first-order valence-corrected chi connectivity index (χ1v) is 14.8. The van der Waals surface area contributed by atoms with Crippen LogP contribution in [0.3, 0.4) is 0 Å². The molecule has 0 aliphatic carbocycles. The fraction of sp³-hybridized carbons (Fsp3) is 0.194. The van der Waals surface area contributed by atoms with Crippen LogP contribution in [0.2, 0.25) is 0 Å². The maximum absolute atomic E-state index is 12.9. The van der Waals surface area contributed by atoms with Gasteiger partial charge in [-0.15, -0.1) is 0 Å². The minimum atomic E-state index is -0.533. The summed E-state index contributed by atoms with van der Waals surface area (Å²) in [5.74, 6) is 0.505. The quantitative estimate of drug-likeness (QED) is 0.0630. The minimum absolute atomic E-state index is 0.0242. The first kappa shape index (κ1) is 33.5. The second kappa shape index (κ2) is 16.7. The zero-order valence-electron chi connectivity index (χ0n) is 25.8. The lowest BCUT2D eigenvalue weighted by Crippen LogP contribution is -2.12. The molecule has 4 aromatic carbocycles. The molecule has 0 unspecified atom stereocenters. The molecule has 0 amide bonds. The smallest absolute Gasteiger partial charge is 0.343 e. The van der Waals surface area contributed by atoms with Gasteiger partial charge in [0.1, 0.15) is 29.6 Å². The van der Waals surface area contributed by atoms with Crippen molar-refractivity contribution in [3.05, 3.63) is 125 Å². The van der Waals surface area contributed by atoms with E-state index in [1.807, 2.05) is 0 Å². The van der Waals surface area contributed by atoms with E-state index in [2.05, 4.69) is 6.58 Å². The zero-order chi connectivity index (χ0) is 32.9. The largest absolute Gasteiger partial charge is 0.494 e. The summed E-state index contributed by atoms with van der Waals surface area (Å²) in [6.07, 6.45) is 2.48. The Morgan fingerprint density at radius 2 is 1.20 bits per heavy atom. The highest BCUT2D eigenvalue weighted by molar-refractivity contribution is 6.45. The van der Waals surface area contributed by atoms with E-state index in [9.17, 15) is 14.4 Å². The maximum Gasteiger partial charge on any atom is 0.343 e. The molecule has 9 nitrogen and oxygen atoms in total. The number of hydrogen-bond donors (Lipinski definition) is 1. The summed E-state index contributed by atoms with van der Waals surface area (Å²) >= 11 is 0. The van der Waals surface area contributed by atoms with Gasteiger partial charge in [0.25, 0.3) is 0 Å². The van der Waals surface area contributed by atoms with Gasteiger partial charge >= 0.3 is 25.4 Å². The standard InChI is InChI=1S/C36H35BO9/c1-4-34(38)43-22-6-5-21-42-30-15-11-28(12-16-30)36(40)46-33-20-19-32(24(2)25(33)3)45-35(39)27-9-7-26(8-10-27)23-44-31-17-13-29(37-41)14-18-31/h4,7-20,37,41H,1,5-6,21-23H2,2-3H3. The van der Waals surface area contributed by atoms with Crippen LogP contribution in [0, 0.1) is 13.8 Å². The van der Waals surface area contributed by atoms with Crippen LogP contribution >= 0.6 is 0 Å². The van der Waals surface area contributed by atoms with Crippen LogP contribution in [0.25, 0.3) is 0 Å².